The van der Waals surface area contributed by atoms with Crippen molar-refractivity contribution in [2.75, 3.05) is 13.1 Å². The maximum absolute atomic E-state index is 13.3. The van der Waals surface area contributed by atoms with E-state index in [9.17, 15) is 10.1 Å². The van der Waals surface area contributed by atoms with Crippen LogP contribution in [0.5, 0.6) is 0 Å². The van der Waals surface area contributed by atoms with E-state index >= 15 is 0 Å². The largest absolute Gasteiger partial charge is 0.332 e. The van der Waals surface area contributed by atoms with Crippen molar-refractivity contribution in [3.8, 4) is 22.5 Å². The van der Waals surface area contributed by atoms with Crippen molar-refractivity contribution in [1.82, 2.24) is 25.0 Å². The number of amides is 1. The minimum Gasteiger partial charge on any atom is -0.332 e. The number of hydrogen-bond acceptors (Lipinski definition) is 6. The Morgan fingerprint density at radius 3 is 2.70 bits per heavy atom. The minimum absolute atomic E-state index is 0.0552. The molecule has 7 nitrogen and oxygen atoms in total. The quantitative estimate of drug-likeness (QED) is 0.683. The number of hydrogen-bond donors (Lipinski definition) is 1. The van der Waals surface area contributed by atoms with Gasteiger partial charge in [0, 0.05) is 23.7 Å². The summed E-state index contributed by atoms with van der Waals surface area (Å²) in [6, 6.07) is 12.1. The predicted octanol–water partition coefficient (Wildman–Crippen LogP) is 3.47. The van der Waals surface area contributed by atoms with Gasteiger partial charge in [-0.1, -0.05) is 18.2 Å². The van der Waals surface area contributed by atoms with Crippen LogP contribution in [0, 0.1) is 11.3 Å². The Morgan fingerprint density at radius 1 is 1.30 bits per heavy atom. The Morgan fingerprint density at radius 2 is 2.03 bits per heavy atom. The Balaban J connectivity index is 1.63. The lowest BCUT2D eigenvalue weighted by atomic mass is 10.0. The Labute approximate surface area is 180 Å². The third kappa shape index (κ3) is 3.99. The molecule has 0 aliphatic carbocycles. The third-order valence-corrected chi connectivity index (χ3v) is 6.12. The number of para-hydroxylation sites is 1. The molecule has 1 amide bonds. The van der Waals surface area contributed by atoms with Crippen LogP contribution in [0.3, 0.4) is 0 Å². The van der Waals surface area contributed by atoms with E-state index in [1.165, 1.54) is 11.3 Å². The molecule has 1 aliphatic heterocycles. The molecule has 3 heterocycles. The van der Waals surface area contributed by atoms with Gasteiger partial charge in [-0.2, -0.15) is 10.4 Å². The molecule has 1 saturated heterocycles. The first-order chi connectivity index (χ1) is 14.6. The number of nitrogens with one attached hydrogen (secondary N) is 1. The van der Waals surface area contributed by atoms with E-state index in [4.69, 9.17) is 0 Å². The SMILES string of the molecule is CC(C)N(C(=O)c1csc(-c2nn(-c3ccccc3)cc2C#N)n1)C1CCNCC1. The topological polar surface area (TPSA) is 86.8 Å². The second kappa shape index (κ2) is 8.78. The average Bonchev–Trinajstić information content (AvgIpc) is 3.42. The van der Waals surface area contributed by atoms with Crippen LogP contribution in [-0.4, -0.2) is 50.7 Å². The molecular weight excluding hydrogens is 396 g/mol. The van der Waals surface area contributed by atoms with Gasteiger partial charge in [0.15, 0.2) is 0 Å². The van der Waals surface area contributed by atoms with Gasteiger partial charge in [-0.25, -0.2) is 9.67 Å². The molecule has 0 spiro atoms. The number of rotatable bonds is 5. The minimum atomic E-state index is -0.0552. The van der Waals surface area contributed by atoms with Crippen LogP contribution in [0.4, 0.5) is 0 Å². The first kappa shape index (κ1) is 20.3. The fourth-order valence-corrected chi connectivity index (χ4v) is 4.64. The van der Waals surface area contributed by atoms with Gasteiger partial charge in [-0.15, -0.1) is 11.3 Å². The highest BCUT2D eigenvalue weighted by atomic mass is 32.1. The van der Waals surface area contributed by atoms with Crippen molar-refractivity contribution in [3.63, 3.8) is 0 Å². The number of thiazole rings is 1. The molecule has 1 aromatic carbocycles. The summed E-state index contributed by atoms with van der Waals surface area (Å²) in [5, 5.41) is 19.9. The maximum Gasteiger partial charge on any atom is 0.273 e. The van der Waals surface area contributed by atoms with Crippen LogP contribution in [-0.2, 0) is 0 Å². The van der Waals surface area contributed by atoms with E-state index in [1.54, 1.807) is 16.3 Å². The number of carbonyl (C=O) groups is 1. The number of carbonyl (C=O) groups excluding carboxylic acids is 1. The summed E-state index contributed by atoms with van der Waals surface area (Å²) in [5.41, 5.74) is 2.22. The molecule has 0 unspecified atom stereocenters. The van der Waals surface area contributed by atoms with Gasteiger partial charge in [0.25, 0.3) is 5.91 Å². The zero-order valence-corrected chi connectivity index (χ0v) is 17.9. The average molecular weight is 421 g/mol. The molecular formula is C22H24N6OS. The van der Waals surface area contributed by atoms with Gasteiger partial charge in [0.05, 0.1) is 5.69 Å². The second-order valence-corrected chi connectivity index (χ2v) is 8.47. The highest BCUT2D eigenvalue weighted by Crippen LogP contribution is 2.28. The van der Waals surface area contributed by atoms with Crippen LogP contribution < -0.4 is 5.32 Å². The summed E-state index contributed by atoms with van der Waals surface area (Å²) in [5.74, 6) is -0.0552. The highest BCUT2D eigenvalue weighted by Gasteiger charge is 2.30. The summed E-state index contributed by atoms with van der Waals surface area (Å²) in [6.07, 6.45) is 3.59. The molecule has 1 fully saturated rings. The molecule has 4 rings (SSSR count). The standard InChI is InChI=1S/C22H24N6OS/c1-15(2)28(18-8-10-24-11-9-18)22(29)19-14-30-21(25-19)20-16(12-23)13-27(26-20)17-6-4-3-5-7-17/h3-7,13-15,18,24H,8-11H2,1-2H3. The molecule has 0 bridgehead atoms. The Bertz CT molecular complexity index is 1060. The molecule has 2 aromatic heterocycles. The van der Waals surface area contributed by atoms with Gasteiger partial charge < -0.3 is 10.2 Å². The van der Waals surface area contributed by atoms with Crippen molar-refractivity contribution in [2.24, 2.45) is 0 Å². The van der Waals surface area contributed by atoms with Crippen molar-refractivity contribution < 1.29 is 4.79 Å². The third-order valence-electron chi connectivity index (χ3n) is 5.27. The van der Waals surface area contributed by atoms with Crippen LogP contribution >= 0.6 is 11.3 Å². The number of aromatic nitrogens is 3. The van der Waals surface area contributed by atoms with Gasteiger partial charge in [-0.05, 0) is 51.9 Å². The summed E-state index contributed by atoms with van der Waals surface area (Å²) in [4.78, 5) is 19.8. The van der Waals surface area contributed by atoms with Crippen LogP contribution in [0.2, 0.25) is 0 Å². The van der Waals surface area contributed by atoms with Gasteiger partial charge in [-0.3, -0.25) is 4.79 Å². The normalized spacial score (nSPS) is 14.6. The van der Waals surface area contributed by atoms with Gasteiger partial charge >= 0.3 is 0 Å². The fraction of sp³-hybridized carbons (Fsp3) is 0.364. The van der Waals surface area contributed by atoms with E-state index in [2.05, 4.69) is 21.5 Å². The van der Waals surface area contributed by atoms with Gasteiger partial charge in [0.1, 0.15) is 28.0 Å². The molecule has 30 heavy (non-hydrogen) atoms. The van der Waals surface area contributed by atoms with Crippen molar-refractivity contribution in [1.29, 1.82) is 5.26 Å². The zero-order chi connectivity index (χ0) is 21.1. The Hall–Kier alpha value is -3.02. The van der Waals surface area contributed by atoms with Crippen molar-refractivity contribution in [3.05, 3.63) is 53.2 Å². The first-order valence-electron chi connectivity index (χ1n) is 10.1. The fourth-order valence-electron chi connectivity index (χ4n) is 3.85. The number of nitriles is 1. The lowest BCUT2D eigenvalue weighted by Gasteiger charge is -2.37. The maximum atomic E-state index is 13.3. The number of piperidine rings is 1. The molecule has 0 radical (unpaired) electrons. The van der Waals surface area contributed by atoms with Crippen LogP contribution in [0.25, 0.3) is 16.4 Å². The molecule has 0 atom stereocenters. The molecule has 1 aliphatic rings. The zero-order valence-electron chi connectivity index (χ0n) is 17.1. The van der Waals surface area contributed by atoms with Crippen LogP contribution in [0.15, 0.2) is 41.9 Å². The van der Waals surface area contributed by atoms with E-state index < -0.39 is 0 Å². The smallest absolute Gasteiger partial charge is 0.273 e. The van der Waals surface area contributed by atoms with E-state index in [0.29, 0.717) is 22.0 Å². The Kier molecular flexibility index (Phi) is 5.93. The number of nitrogens with zero attached hydrogens (tertiary/aromatic N) is 5. The van der Waals surface area contributed by atoms with E-state index in [0.717, 1.165) is 31.6 Å². The van der Waals surface area contributed by atoms with E-state index in [-0.39, 0.29) is 18.0 Å². The molecule has 3 aromatic rings. The van der Waals surface area contributed by atoms with Crippen molar-refractivity contribution in [2.45, 2.75) is 38.8 Å². The predicted molar refractivity (Wildman–Crippen MR) is 117 cm³/mol. The summed E-state index contributed by atoms with van der Waals surface area (Å²) >= 11 is 1.35. The number of benzene rings is 1. The van der Waals surface area contributed by atoms with Crippen molar-refractivity contribution >= 4 is 17.2 Å². The second-order valence-electron chi connectivity index (χ2n) is 7.61. The lowest BCUT2D eigenvalue weighted by Crippen LogP contribution is -2.49. The molecule has 0 saturated carbocycles. The lowest BCUT2D eigenvalue weighted by molar-refractivity contribution is 0.0560. The summed E-state index contributed by atoms with van der Waals surface area (Å²) in [7, 11) is 0. The molecule has 154 valence electrons. The molecule has 8 heteroatoms. The van der Waals surface area contributed by atoms with E-state index in [1.807, 2.05) is 49.1 Å². The molecule has 1 N–H and O–H groups in total. The van der Waals surface area contributed by atoms with Crippen LogP contribution in [0.1, 0.15) is 42.7 Å². The summed E-state index contributed by atoms with van der Waals surface area (Å²) in [6.45, 7) is 5.93. The monoisotopic (exact) mass is 420 g/mol. The van der Waals surface area contributed by atoms with Gasteiger partial charge in [0.2, 0.25) is 0 Å². The first-order valence-corrected chi connectivity index (χ1v) is 11.0. The summed E-state index contributed by atoms with van der Waals surface area (Å²) < 4.78 is 1.67. The highest BCUT2D eigenvalue weighted by molar-refractivity contribution is 7.13.